The Hall–Kier alpha value is -4.03. The molecule has 0 radical (unpaired) electrons. The van der Waals surface area contributed by atoms with Gasteiger partial charge >= 0.3 is 11.7 Å². The third kappa shape index (κ3) is 4.56. The highest BCUT2D eigenvalue weighted by Gasteiger charge is 2.54. The molecule has 3 N–H and O–H groups in total. The molecule has 0 aliphatic carbocycles. The van der Waals surface area contributed by atoms with Gasteiger partial charge in [-0.3, -0.25) is 23.9 Å². The zero-order valence-corrected chi connectivity index (χ0v) is 21.4. The van der Waals surface area contributed by atoms with Gasteiger partial charge in [0.1, 0.15) is 29.7 Å². The van der Waals surface area contributed by atoms with Gasteiger partial charge in [0.2, 0.25) is 11.8 Å². The van der Waals surface area contributed by atoms with Gasteiger partial charge in [0.25, 0.3) is 5.91 Å². The smallest absolute Gasteiger partial charge is 0.420 e. The Kier molecular flexibility index (Phi) is 6.76. The molecule has 3 heterocycles. The quantitative estimate of drug-likeness (QED) is 0.373. The van der Waals surface area contributed by atoms with Crippen LogP contribution in [0.3, 0.4) is 0 Å². The average Bonchev–Trinajstić information content (AvgIpc) is 3.19. The number of amides is 3. The SMILES string of the molecule is CC1=C(C(=O)O)N2C(=O)C(NC(=O)C(NC(=O)Cn3c(=O)oc4cc(Cl)ccc43)c3ccccc3)[C@H]2SC1. The maximum atomic E-state index is 13.4. The topological polar surface area (TPSA) is 151 Å². The average molecular weight is 557 g/mol. The van der Waals surface area contributed by atoms with Gasteiger partial charge in [0, 0.05) is 16.8 Å². The van der Waals surface area contributed by atoms with Crippen molar-refractivity contribution in [3.63, 3.8) is 0 Å². The Morgan fingerprint density at radius 1 is 1.18 bits per heavy atom. The van der Waals surface area contributed by atoms with E-state index >= 15 is 0 Å². The summed E-state index contributed by atoms with van der Waals surface area (Å²) in [7, 11) is 0. The minimum Gasteiger partial charge on any atom is -0.477 e. The lowest BCUT2D eigenvalue weighted by molar-refractivity contribution is -0.151. The van der Waals surface area contributed by atoms with Crippen molar-refractivity contribution in [2.75, 3.05) is 5.75 Å². The van der Waals surface area contributed by atoms with Gasteiger partial charge in [0.15, 0.2) is 5.58 Å². The van der Waals surface area contributed by atoms with Gasteiger partial charge in [-0.1, -0.05) is 41.9 Å². The number of aromatic nitrogens is 1. The third-order valence-electron chi connectivity index (χ3n) is 6.29. The fraction of sp³-hybridized carbons (Fsp3) is 0.240. The van der Waals surface area contributed by atoms with Crippen LogP contribution in [0.1, 0.15) is 18.5 Å². The van der Waals surface area contributed by atoms with E-state index < -0.39 is 53.4 Å². The maximum absolute atomic E-state index is 13.4. The maximum Gasteiger partial charge on any atom is 0.420 e. The molecule has 2 aliphatic rings. The van der Waals surface area contributed by atoms with E-state index in [0.29, 0.717) is 27.4 Å². The van der Waals surface area contributed by atoms with Crippen LogP contribution in [-0.4, -0.2) is 55.4 Å². The van der Waals surface area contributed by atoms with E-state index in [0.717, 1.165) is 4.57 Å². The molecule has 2 unspecified atom stereocenters. The first-order chi connectivity index (χ1) is 18.2. The molecule has 3 amide bonds. The molecule has 11 nitrogen and oxygen atoms in total. The molecule has 1 saturated heterocycles. The zero-order valence-electron chi connectivity index (χ0n) is 19.8. The molecule has 0 saturated carbocycles. The first-order valence-electron chi connectivity index (χ1n) is 11.5. The van der Waals surface area contributed by atoms with Crippen molar-refractivity contribution < 1.29 is 28.7 Å². The summed E-state index contributed by atoms with van der Waals surface area (Å²) in [6.07, 6.45) is 0. The van der Waals surface area contributed by atoms with Crippen molar-refractivity contribution in [1.82, 2.24) is 20.1 Å². The van der Waals surface area contributed by atoms with Crippen molar-refractivity contribution in [3.8, 4) is 0 Å². The molecule has 0 spiro atoms. The fourth-order valence-corrected chi connectivity index (χ4v) is 5.95. The standard InChI is InChI=1S/C25H21ClN4O7S/c1-12-11-38-23-19(22(33)30(23)20(12)24(34)35)28-21(32)18(13-5-3-2-4-6-13)27-17(31)10-29-15-8-7-14(26)9-16(15)37-25(29)36/h2-9,18-19,23H,10-11H2,1H3,(H,27,31)(H,28,32)(H,34,35)/t18?,19?,23-/m1/s1. The van der Waals surface area contributed by atoms with Crippen LogP contribution in [0.25, 0.3) is 11.1 Å². The first kappa shape index (κ1) is 25.6. The number of benzene rings is 2. The lowest BCUT2D eigenvalue weighted by Crippen LogP contribution is -2.71. The number of rotatable bonds is 7. The van der Waals surface area contributed by atoms with E-state index in [1.807, 2.05) is 0 Å². The minimum atomic E-state index is -1.20. The van der Waals surface area contributed by atoms with Crippen LogP contribution in [-0.2, 0) is 25.7 Å². The Morgan fingerprint density at radius 2 is 1.92 bits per heavy atom. The van der Waals surface area contributed by atoms with E-state index in [1.54, 1.807) is 49.4 Å². The second kappa shape index (κ2) is 10.0. The summed E-state index contributed by atoms with van der Waals surface area (Å²) in [5, 5.41) is 14.6. The summed E-state index contributed by atoms with van der Waals surface area (Å²) in [6.45, 7) is 1.22. The van der Waals surface area contributed by atoms with E-state index in [9.17, 15) is 29.1 Å². The number of halogens is 1. The van der Waals surface area contributed by atoms with Crippen molar-refractivity contribution >= 4 is 58.2 Å². The van der Waals surface area contributed by atoms with Gasteiger partial charge in [0.05, 0.1) is 5.52 Å². The molecular weight excluding hydrogens is 536 g/mol. The number of hydrogen-bond acceptors (Lipinski definition) is 7. The molecule has 13 heteroatoms. The van der Waals surface area contributed by atoms with Crippen LogP contribution in [0.2, 0.25) is 5.02 Å². The van der Waals surface area contributed by atoms with Crippen LogP contribution >= 0.6 is 23.4 Å². The molecule has 1 aromatic heterocycles. The van der Waals surface area contributed by atoms with Gasteiger partial charge in [-0.15, -0.1) is 11.8 Å². The Bertz CT molecular complexity index is 1560. The highest BCUT2D eigenvalue weighted by Crippen LogP contribution is 2.40. The van der Waals surface area contributed by atoms with Gasteiger partial charge in [-0.2, -0.15) is 0 Å². The number of carboxylic acid groups (broad SMARTS) is 1. The highest BCUT2D eigenvalue weighted by atomic mass is 35.5. The number of carboxylic acids is 1. The summed E-state index contributed by atoms with van der Waals surface area (Å²) in [4.78, 5) is 64.4. The van der Waals surface area contributed by atoms with Crippen molar-refractivity contribution in [1.29, 1.82) is 0 Å². The number of β-lactam (4-membered cyclic amide) rings is 1. The predicted octanol–water partition coefficient (Wildman–Crippen LogP) is 1.86. The second-order valence-corrected chi connectivity index (χ2v) is 10.3. The van der Waals surface area contributed by atoms with E-state index in [-0.39, 0.29) is 11.3 Å². The van der Waals surface area contributed by atoms with Crippen LogP contribution in [0.15, 0.2) is 69.0 Å². The second-order valence-electron chi connectivity index (χ2n) is 8.81. The van der Waals surface area contributed by atoms with Crippen LogP contribution < -0.4 is 16.4 Å². The van der Waals surface area contributed by atoms with Crippen molar-refractivity contribution in [2.24, 2.45) is 0 Å². The summed E-state index contributed by atoms with van der Waals surface area (Å²) in [6, 6.07) is 10.9. The molecule has 0 bridgehead atoms. The minimum absolute atomic E-state index is 0.0729. The Balaban J connectivity index is 1.35. The van der Waals surface area contributed by atoms with Gasteiger partial charge < -0.3 is 20.2 Å². The number of hydrogen-bond donors (Lipinski definition) is 3. The van der Waals surface area contributed by atoms with E-state index in [1.165, 1.54) is 22.7 Å². The lowest BCUT2D eigenvalue weighted by atomic mass is 10.0. The van der Waals surface area contributed by atoms with Crippen LogP contribution in [0.4, 0.5) is 0 Å². The molecule has 3 atom stereocenters. The van der Waals surface area contributed by atoms with Crippen molar-refractivity contribution in [3.05, 3.63) is 80.9 Å². The van der Waals surface area contributed by atoms with E-state index in [2.05, 4.69) is 10.6 Å². The van der Waals surface area contributed by atoms with Crippen LogP contribution in [0.5, 0.6) is 0 Å². The Labute approximate surface area is 224 Å². The largest absolute Gasteiger partial charge is 0.477 e. The summed E-state index contributed by atoms with van der Waals surface area (Å²) in [5.41, 5.74) is 1.53. The number of carbonyl (C=O) groups excluding carboxylic acids is 3. The number of nitrogens with one attached hydrogen (secondary N) is 2. The number of oxazole rings is 1. The first-order valence-corrected chi connectivity index (χ1v) is 12.9. The summed E-state index contributed by atoms with van der Waals surface area (Å²) >= 11 is 7.29. The third-order valence-corrected chi connectivity index (χ3v) is 7.95. The monoisotopic (exact) mass is 556 g/mol. The molecule has 3 aromatic rings. The molecule has 2 aromatic carbocycles. The van der Waals surface area contributed by atoms with Crippen LogP contribution in [0, 0.1) is 0 Å². The molecular formula is C25H21ClN4O7S. The fourth-order valence-electron chi connectivity index (χ4n) is 4.50. The zero-order chi connectivity index (χ0) is 27.1. The van der Waals surface area contributed by atoms with Gasteiger partial charge in [-0.05, 0) is 30.2 Å². The van der Waals surface area contributed by atoms with Gasteiger partial charge in [-0.25, -0.2) is 9.59 Å². The lowest BCUT2D eigenvalue weighted by Gasteiger charge is -2.49. The number of carbonyl (C=O) groups is 4. The normalized spacial score (nSPS) is 19.5. The number of aliphatic carboxylic acids is 1. The predicted molar refractivity (Wildman–Crippen MR) is 138 cm³/mol. The molecule has 2 aliphatic heterocycles. The number of thioether (sulfide) groups is 1. The Morgan fingerprint density at radius 3 is 2.63 bits per heavy atom. The summed E-state index contributed by atoms with van der Waals surface area (Å²) < 4.78 is 6.28. The molecule has 196 valence electrons. The number of fused-ring (bicyclic) bond motifs is 2. The van der Waals surface area contributed by atoms with E-state index in [4.69, 9.17) is 16.0 Å². The summed E-state index contributed by atoms with van der Waals surface area (Å²) in [5.74, 6) is -3.40. The molecule has 1 fully saturated rings. The molecule has 5 rings (SSSR count). The molecule has 38 heavy (non-hydrogen) atoms. The number of nitrogens with zero attached hydrogens (tertiary/aromatic N) is 2. The van der Waals surface area contributed by atoms with Crippen molar-refractivity contribution in [2.45, 2.75) is 30.9 Å². The highest BCUT2D eigenvalue weighted by molar-refractivity contribution is 8.00.